The SMILES string of the molecule is CCc1ccc(S(=O)(=O)N2CCC(C(=O)N3CCC(C)CC3)CC2)s1. The molecule has 0 aliphatic carbocycles. The Morgan fingerprint density at radius 2 is 1.76 bits per heavy atom. The van der Waals surface area contributed by atoms with Crippen LogP contribution in [0.15, 0.2) is 16.3 Å². The highest BCUT2D eigenvalue weighted by Crippen LogP contribution is 2.30. The van der Waals surface area contributed by atoms with Crippen molar-refractivity contribution in [3.8, 4) is 0 Å². The minimum atomic E-state index is -3.41. The van der Waals surface area contributed by atoms with Crippen LogP contribution in [0.5, 0.6) is 0 Å². The Morgan fingerprint density at radius 3 is 2.32 bits per heavy atom. The molecule has 0 radical (unpaired) electrons. The normalized spacial score (nSPS) is 21.6. The summed E-state index contributed by atoms with van der Waals surface area (Å²) in [5.74, 6) is 0.914. The molecule has 25 heavy (non-hydrogen) atoms. The number of aryl methyl sites for hydroxylation is 1. The summed E-state index contributed by atoms with van der Waals surface area (Å²) in [7, 11) is -3.41. The Hall–Kier alpha value is -0.920. The van der Waals surface area contributed by atoms with E-state index in [0.717, 1.165) is 37.2 Å². The van der Waals surface area contributed by atoms with Crippen LogP contribution in [-0.2, 0) is 21.2 Å². The highest BCUT2D eigenvalue weighted by Gasteiger charge is 2.35. The summed E-state index contributed by atoms with van der Waals surface area (Å²) in [6, 6.07) is 3.61. The molecule has 0 spiro atoms. The maximum Gasteiger partial charge on any atom is 0.252 e. The van der Waals surface area contributed by atoms with Gasteiger partial charge in [-0.1, -0.05) is 13.8 Å². The van der Waals surface area contributed by atoms with Gasteiger partial charge in [0.05, 0.1) is 0 Å². The Balaban J connectivity index is 1.58. The van der Waals surface area contributed by atoms with Gasteiger partial charge in [0, 0.05) is 37.0 Å². The fourth-order valence-corrected chi connectivity index (χ4v) is 6.56. The van der Waals surface area contributed by atoms with E-state index in [-0.39, 0.29) is 11.8 Å². The van der Waals surface area contributed by atoms with Crippen molar-refractivity contribution in [1.82, 2.24) is 9.21 Å². The van der Waals surface area contributed by atoms with Gasteiger partial charge in [-0.25, -0.2) is 8.42 Å². The third-order valence-electron chi connectivity index (χ3n) is 5.48. The van der Waals surface area contributed by atoms with Crippen molar-refractivity contribution >= 4 is 27.3 Å². The molecule has 3 heterocycles. The number of amides is 1. The molecule has 0 atom stereocenters. The fourth-order valence-electron chi connectivity index (χ4n) is 3.64. The number of carbonyl (C=O) groups excluding carboxylic acids is 1. The van der Waals surface area contributed by atoms with Crippen molar-refractivity contribution in [3.63, 3.8) is 0 Å². The number of thiophene rings is 1. The molecule has 2 fully saturated rings. The van der Waals surface area contributed by atoms with Crippen LogP contribution in [0.2, 0.25) is 0 Å². The predicted octanol–water partition coefficient (Wildman–Crippen LogP) is 2.97. The monoisotopic (exact) mass is 384 g/mol. The van der Waals surface area contributed by atoms with Gasteiger partial charge in [0.2, 0.25) is 5.91 Å². The first-order valence-electron chi connectivity index (χ1n) is 9.29. The highest BCUT2D eigenvalue weighted by atomic mass is 32.2. The number of likely N-dealkylation sites (tertiary alicyclic amines) is 1. The highest BCUT2D eigenvalue weighted by molar-refractivity contribution is 7.91. The van der Waals surface area contributed by atoms with E-state index < -0.39 is 10.0 Å². The van der Waals surface area contributed by atoms with Crippen LogP contribution in [0.3, 0.4) is 0 Å². The molecule has 0 bridgehead atoms. The van der Waals surface area contributed by atoms with Crippen molar-refractivity contribution in [2.24, 2.45) is 11.8 Å². The maximum atomic E-state index is 12.8. The van der Waals surface area contributed by atoms with E-state index in [4.69, 9.17) is 0 Å². The number of hydrogen-bond acceptors (Lipinski definition) is 4. The van der Waals surface area contributed by atoms with Crippen LogP contribution in [-0.4, -0.2) is 49.7 Å². The van der Waals surface area contributed by atoms with Crippen molar-refractivity contribution in [2.45, 2.75) is 50.2 Å². The summed E-state index contributed by atoms with van der Waals surface area (Å²) >= 11 is 1.36. The van der Waals surface area contributed by atoms with Crippen LogP contribution in [0.25, 0.3) is 0 Å². The van der Waals surface area contributed by atoms with Crippen LogP contribution in [0, 0.1) is 11.8 Å². The Labute approximate surface area is 155 Å². The first-order chi connectivity index (χ1) is 11.9. The average Bonchev–Trinajstić information content (AvgIpc) is 3.12. The minimum absolute atomic E-state index is 0.0191. The largest absolute Gasteiger partial charge is 0.342 e. The molecule has 3 rings (SSSR count). The third-order valence-corrected chi connectivity index (χ3v) is 9.07. The summed E-state index contributed by atoms with van der Waals surface area (Å²) in [6.45, 7) is 6.87. The van der Waals surface area contributed by atoms with Gasteiger partial charge < -0.3 is 4.90 Å². The molecule has 7 heteroatoms. The molecule has 0 unspecified atom stereocenters. The number of piperidine rings is 2. The van der Waals surface area contributed by atoms with Crippen LogP contribution in [0.1, 0.15) is 44.4 Å². The second-order valence-electron chi connectivity index (χ2n) is 7.26. The van der Waals surface area contributed by atoms with Gasteiger partial charge in [0.25, 0.3) is 10.0 Å². The average molecular weight is 385 g/mol. The summed E-state index contributed by atoms with van der Waals surface area (Å²) in [5, 5.41) is 0. The van der Waals surface area contributed by atoms with E-state index in [1.807, 2.05) is 17.9 Å². The second-order valence-corrected chi connectivity index (χ2v) is 10.6. The maximum absolute atomic E-state index is 12.8. The predicted molar refractivity (Wildman–Crippen MR) is 100 cm³/mol. The molecule has 2 saturated heterocycles. The number of hydrogen-bond donors (Lipinski definition) is 0. The molecule has 2 aliphatic rings. The van der Waals surface area contributed by atoms with Gasteiger partial charge in [0.1, 0.15) is 4.21 Å². The van der Waals surface area contributed by atoms with Gasteiger partial charge in [-0.3, -0.25) is 4.79 Å². The lowest BCUT2D eigenvalue weighted by atomic mass is 9.93. The number of rotatable bonds is 4. The molecular formula is C18H28N2O3S2. The first kappa shape index (κ1) is 18.9. The molecule has 0 N–H and O–H groups in total. The van der Waals surface area contributed by atoms with E-state index in [1.54, 1.807) is 10.4 Å². The van der Waals surface area contributed by atoms with Gasteiger partial charge in [-0.2, -0.15) is 4.31 Å². The van der Waals surface area contributed by atoms with Gasteiger partial charge in [0.15, 0.2) is 0 Å². The van der Waals surface area contributed by atoms with E-state index in [1.165, 1.54) is 11.3 Å². The molecule has 1 aromatic rings. The Bertz CT molecular complexity index is 698. The lowest BCUT2D eigenvalue weighted by Gasteiger charge is -2.36. The summed E-state index contributed by atoms with van der Waals surface area (Å²) in [5.41, 5.74) is 0. The summed E-state index contributed by atoms with van der Waals surface area (Å²) < 4.78 is 27.5. The van der Waals surface area contributed by atoms with E-state index in [2.05, 4.69) is 6.92 Å². The lowest BCUT2D eigenvalue weighted by molar-refractivity contribution is -0.138. The molecule has 0 aromatic carbocycles. The van der Waals surface area contributed by atoms with Crippen molar-refractivity contribution in [1.29, 1.82) is 0 Å². The standard InChI is InChI=1S/C18H28N2O3S2/c1-3-16-4-5-17(24-16)25(22,23)20-12-8-15(9-13-20)18(21)19-10-6-14(2)7-11-19/h4-5,14-15H,3,6-13H2,1-2H3. The zero-order chi connectivity index (χ0) is 18.0. The van der Waals surface area contributed by atoms with Crippen LogP contribution >= 0.6 is 11.3 Å². The zero-order valence-electron chi connectivity index (χ0n) is 15.1. The number of nitrogens with zero attached hydrogens (tertiary/aromatic N) is 2. The number of carbonyl (C=O) groups is 1. The second kappa shape index (κ2) is 7.76. The lowest BCUT2D eigenvalue weighted by Crippen LogP contribution is -2.46. The topological polar surface area (TPSA) is 57.7 Å². The molecule has 140 valence electrons. The van der Waals surface area contributed by atoms with Gasteiger partial charge in [-0.15, -0.1) is 11.3 Å². The Kier molecular flexibility index (Phi) is 5.85. The smallest absolute Gasteiger partial charge is 0.252 e. The van der Waals surface area contributed by atoms with E-state index in [0.29, 0.717) is 36.1 Å². The molecule has 0 saturated carbocycles. The first-order valence-corrected chi connectivity index (χ1v) is 11.5. The Morgan fingerprint density at radius 1 is 1.12 bits per heavy atom. The number of sulfonamides is 1. The van der Waals surface area contributed by atoms with E-state index in [9.17, 15) is 13.2 Å². The molecule has 1 amide bonds. The summed E-state index contributed by atoms with van der Waals surface area (Å²) in [6.07, 6.45) is 4.28. The fraction of sp³-hybridized carbons (Fsp3) is 0.722. The zero-order valence-corrected chi connectivity index (χ0v) is 16.7. The van der Waals surface area contributed by atoms with Crippen LogP contribution < -0.4 is 0 Å². The van der Waals surface area contributed by atoms with Crippen molar-refractivity contribution < 1.29 is 13.2 Å². The summed E-state index contributed by atoms with van der Waals surface area (Å²) in [4.78, 5) is 15.8. The molecular weight excluding hydrogens is 356 g/mol. The van der Waals surface area contributed by atoms with Gasteiger partial charge >= 0.3 is 0 Å². The quantitative estimate of drug-likeness (QED) is 0.802. The van der Waals surface area contributed by atoms with Crippen LogP contribution in [0.4, 0.5) is 0 Å². The van der Waals surface area contributed by atoms with Gasteiger partial charge in [-0.05, 0) is 50.2 Å². The minimum Gasteiger partial charge on any atom is -0.342 e. The third kappa shape index (κ3) is 4.09. The van der Waals surface area contributed by atoms with E-state index >= 15 is 0 Å². The van der Waals surface area contributed by atoms with Crippen molar-refractivity contribution in [2.75, 3.05) is 26.2 Å². The van der Waals surface area contributed by atoms with Crippen molar-refractivity contribution in [3.05, 3.63) is 17.0 Å². The molecule has 1 aromatic heterocycles. The molecule has 2 aliphatic heterocycles. The molecule has 5 nitrogen and oxygen atoms in total.